The van der Waals surface area contributed by atoms with Crippen LogP contribution in [0.15, 0.2) is 84.9 Å². The monoisotopic (exact) mass is 396 g/mol. The molecule has 0 heterocycles. The van der Waals surface area contributed by atoms with Gasteiger partial charge in [0.25, 0.3) is 0 Å². The minimum absolute atomic E-state index is 0.237. The van der Waals surface area contributed by atoms with Gasteiger partial charge in [-0.05, 0) is 21.9 Å². The van der Waals surface area contributed by atoms with Crippen molar-refractivity contribution in [1.82, 2.24) is 0 Å². The zero-order valence-electron chi connectivity index (χ0n) is 16.7. The predicted molar refractivity (Wildman–Crippen MR) is 117 cm³/mol. The van der Waals surface area contributed by atoms with E-state index in [0.29, 0.717) is 11.1 Å². The first-order valence-corrected chi connectivity index (χ1v) is 9.62. The summed E-state index contributed by atoms with van der Waals surface area (Å²) in [5.74, 6) is -0.507. The van der Waals surface area contributed by atoms with E-state index in [2.05, 4.69) is 0 Å². The molecule has 148 valence electrons. The lowest BCUT2D eigenvalue weighted by atomic mass is 9.90. The lowest BCUT2D eigenvalue weighted by Gasteiger charge is -2.21. The van der Waals surface area contributed by atoms with Gasteiger partial charge in [-0.15, -0.1) is 0 Å². The number of carbonyl (C=O) groups is 2. The van der Waals surface area contributed by atoms with Gasteiger partial charge in [0, 0.05) is 25.0 Å². The molecule has 30 heavy (non-hydrogen) atoms. The number of hydrogen-bond donors (Lipinski definition) is 0. The molecule has 0 aliphatic heterocycles. The SMILES string of the molecule is CC(=O)Oc1c(OC(C)=O)c(-c2ccccc2)c2ccccc2c1-c1ccccc1. The fourth-order valence-electron chi connectivity index (χ4n) is 3.66. The Morgan fingerprint density at radius 2 is 0.867 bits per heavy atom. The van der Waals surface area contributed by atoms with Gasteiger partial charge < -0.3 is 9.47 Å². The summed E-state index contributed by atoms with van der Waals surface area (Å²) < 4.78 is 11.4. The topological polar surface area (TPSA) is 52.6 Å². The quantitative estimate of drug-likeness (QED) is 0.312. The molecule has 0 unspecified atom stereocenters. The molecule has 4 aromatic rings. The third kappa shape index (κ3) is 3.67. The highest BCUT2D eigenvalue weighted by molar-refractivity contribution is 6.11. The van der Waals surface area contributed by atoms with Gasteiger partial charge in [0.1, 0.15) is 0 Å². The van der Waals surface area contributed by atoms with Crippen molar-refractivity contribution in [2.24, 2.45) is 0 Å². The molecule has 4 nitrogen and oxygen atoms in total. The smallest absolute Gasteiger partial charge is 0.308 e. The van der Waals surface area contributed by atoms with Gasteiger partial charge in [0.05, 0.1) is 0 Å². The van der Waals surface area contributed by atoms with Gasteiger partial charge in [-0.1, -0.05) is 84.9 Å². The highest BCUT2D eigenvalue weighted by Gasteiger charge is 2.26. The van der Waals surface area contributed by atoms with Crippen LogP contribution in [0.2, 0.25) is 0 Å². The first kappa shape index (κ1) is 19.4. The zero-order valence-corrected chi connectivity index (χ0v) is 16.7. The molecular weight excluding hydrogens is 376 g/mol. The number of benzene rings is 4. The molecule has 0 bridgehead atoms. The van der Waals surface area contributed by atoms with Crippen molar-refractivity contribution in [2.45, 2.75) is 13.8 Å². The van der Waals surface area contributed by atoms with Crippen molar-refractivity contribution in [3.05, 3.63) is 84.9 Å². The van der Waals surface area contributed by atoms with Crippen LogP contribution < -0.4 is 9.47 Å². The van der Waals surface area contributed by atoms with Crippen LogP contribution in [-0.4, -0.2) is 11.9 Å². The van der Waals surface area contributed by atoms with E-state index in [1.54, 1.807) is 0 Å². The lowest BCUT2D eigenvalue weighted by Crippen LogP contribution is -2.10. The van der Waals surface area contributed by atoms with Crippen molar-refractivity contribution in [3.63, 3.8) is 0 Å². The van der Waals surface area contributed by atoms with Gasteiger partial charge in [-0.3, -0.25) is 9.59 Å². The van der Waals surface area contributed by atoms with E-state index in [1.807, 2.05) is 84.9 Å². The number of esters is 2. The van der Waals surface area contributed by atoms with Crippen LogP contribution in [0.4, 0.5) is 0 Å². The van der Waals surface area contributed by atoms with Crippen molar-refractivity contribution < 1.29 is 19.1 Å². The van der Waals surface area contributed by atoms with Crippen LogP contribution in [-0.2, 0) is 9.59 Å². The number of rotatable bonds is 4. The normalized spacial score (nSPS) is 10.6. The molecule has 0 saturated carbocycles. The molecular formula is C26H20O4. The molecule has 4 heteroatoms. The van der Waals surface area contributed by atoms with E-state index >= 15 is 0 Å². The molecule has 0 N–H and O–H groups in total. The second-order valence-electron chi connectivity index (χ2n) is 6.87. The largest absolute Gasteiger partial charge is 0.422 e. The second-order valence-corrected chi connectivity index (χ2v) is 6.87. The number of fused-ring (bicyclic) bond motifs is 1. The standard InChI is InChI=1S/C26H20O4/c1-17(27)29-25-23(19-11-5-3-6-12-19)21-15-9-10-16-22(21)24(26(25)30-18(2)28)20-13-7-4-8-14-20/h3-16H,1-2H3. The first-order valence-electron chi connectivity index (χ1n) is 9.62. The Hall–Kier alpha value is -3.92. The summed E-state index contributed by atoms with van der Waals surface area (Å²) in [5.41, 5.74) is 3.13. The van der Waals surface area contributed by atoms with Gasteiger partial charge in [0.2, 0.25) is 0 Å². The van der Waals surface area contributed by atoms with E-state index in [0.717, 1.165) is 21.9 Å². The summed E-state index contributed by atoms with van der Waals surface area (Å²) in [5, 5.41) is 1.80. The van der Waals surface area contributed by atoms with E-state index in [4.69, 9.17) is 9.47 Å². The maximum atomic E-state index is 12.1. The van der Waals surface area contributed by atoms with Crippen molar-refractivity contribution in [3.8, 4) is 33.8 Å². The molecule has 0 spiro atoms. The van der Waals surface area contributed by atoms with Gasteiger partial charge >= 0.3 is 11.9 Å². The van der Waals surface area contributed by atoms with Crippen LogP contribution in [0, 0.1) is 0 Å². The summed E-state index contributed by atoms with van der Waals surface area (Å²) in [6.45, 7) is 2.67. The van der Waals surface area contributed by atoms with Crippen molar-refractivity contribution >= 4 is 22.7 Å². The van der Waals surface area contributed by atoms with Crippen LogP contribution in [0.1, 0.15) is 13.8 Å². The maximum Gasteiger partial charge on any atom is 0.308 e. The van der Waals surface area contributed by atoms with Crippen LogP contribution in [0.3, 0.4) is 0 Å². The highest BCUT2D eigenvalue weighted by atomic mass is 16.6. The molecule has 0 amide bonds. The third-order valence-electron chi connectivity index (χ3n) is 4.74. The average Bonchev–Trinajstić information content (AvgIpc) is 2.74. The molecule has 0 aliphatic carbocycles. The number of carbonyl (C=O) groups excluding carboxylic acids is 2. The van der Waals surface area contributed by atoms with Gasteiger partial charge in [-0.2, -0.15) is 0 Å². The van der Waals surface area contributed by atoms with E-state index in [1.165, 1.54) is 13.8 Å². The molecule has 0 aromatic heterocycles. The summed E-state index contributed by atoms with van der Waals surface area (Å²) >= 11 is 0. The Labute approximate surface area is 174 Å². The van der Waals surface area contributed by atoms with E-state index in [9.17, 15) is 9.59 Å². The van der Waals surface area contributed by atoms with E-state index < -0.39 is 11.9 Å². The Kier molecular flexibility index (Phi) is 5.31. The Balaban J connectivity index is 2.21. The van der Waals surface area contributed by atoms with Crippen LogP contribution >= 0.6 is 0 Å². The van der Waals surface area contributed by atoms with Crippen LogP contribution in [0.5, 0.6) is 11.5 Å². The lowest BCUT2D eigenvalue weighted by molar-refractivity contribution is -0.134. The number of ether oxygens (including phenoxy) is 2. The average molecular weight is 396 g/mol. The summed E-state index contributed by atoms with van der Waals surface area (Å²) in [4.78, 5) is 24.1. The molecule has 4 rings (SSSR count). The summed E-state index contributed by atoms with van der Waals surface area (Å²) in [6, 6.07) is 27.1. The molecule has 0 fully saturated rings. The fraction of sp³-hybridized carbons (Fsp3) is 0.0769. The molecule has 0 radical (unpaired) electrons. The molecule has 0 saturated heterocycles. The first-order chi connectivity index (χ1) is 14.6. The summed E-state index contributed by atoms with van der Waals surface area (Å²) in [7, 11) is 0. The maximum absolute atomic E-state index is 12.1. The Morgan fingerprint density at radius 3 is 1.20 bits per heavy atom. The van der Waals surface area contributed by atoms with Crippen molar-refractivity contribution in [2.75, 3.05) is 0 Å². The van der Waals surface area contributed by atoms with Gasteiger partial charge in [-0.25, -0.2) is 0 Å². The fourth-order valence-corrected chi connectivity index (χ4v) is 3.66. The van der Waals surface area contributed by atoms with E-state index in [-0.39, 0.29) is 11.5 Å². The number of hydrogen-bond acceptors (Lipinski definition) is 4. The Morgan fingerprint density at radius 1 is 0.533 bits per heavy atom. The highest BCUT2D eigenvalue weighted by Crippen LogP contribution is 2.51. The third-order valence-corrected chi connectivity index (χ3v) is 4.74. The minimum Gasteiger partial charge on any atom is -0.422 e. The van der Waals surface area contributed by atoms with Gasteiger partial charge in [0.15, 0.2) is 11.5 Å². The molecule has 0 atom stereocenters. The Bertz CT molecular complexity index is 1130. The second kappa shape index (κ2) is 8.21. The van der Waals surface area contributed by atoms with Crippen LogP contribution in [0.25, 0.3) is 33.0 Å². The zero-order chi connectivity index (χ0) is 21.1. The predicted octanol–water partition coefficient (Wildman–Crippen LogP) is 6.02. The minimum atomic E-state index is -0.491. The van der Waals surface area contributed by atoms with Crippen molar-refractivity contribution in [1.29, 1.82) is 0 Å². The summed E-state index contributed by atoms with van der Waals surface area (Å²) in [6.07, 6.45) is 0. The molecule has 0 aliphatic rings. The molecule has 4 aromatic carbocycles.